The monoisotopic (exact) mass is 249 g/mol. The molecule has 0 radical (unpaired) electrons. The molecule has 1 saturated carbocycles. The van der Waals surface area contributed by atoms with Gasteiger partial charge in [0.2, 0.25) is 5.91 Å². The smallest absolute Gasteiger partial charge is 0.323 e. The number of aliphatic carboxylic acids is 1. The van der Waals surface area contributed by atoms with Crippen molar-refractivity contribution < 1.29 is 14.7 Å². The van der Waals surface area contributed by atoms with Crippen molar-refractivity contribution in [2.24, 2.45) is 11.7 Å². The van der Waals surface area contributed by atoms with Gasteiger partial charge in [0.1, 0.15) is 12.4 Å². The summed E-state index contributed by atoms with van der Waals surface area (Å²) < 4.78 is 0. The van der Waals surface area contributed by atoms with Gasteiger partial charge in [0.05, 0.1) is 5.56 Å². The third-order valence-electron chi connectivity index (χ3n) is 2.86. The Kier molecular flexibility index (Phi) is 3.45. The number of primary amides is 1. The number of amides is 1. The lowest BCUT2D eigenvalue weighted by Crippen LogP contribution is -2.32. The lowest BCUT2D eigenvalue weighted by Gasteiger charge is -2.21. The van der Waals surface area contributed by atoms with Gasteiger partial charge in [-0.1, -0.05) is 0 Å². The molecule has 0 spiro atoms. The Morgan fingerprint density at radius 3 is 2.61 bits per heavy atom. The molecule has 1 aliphatic carbocycles. The third-order valence-corrected chi connectivity index (χ3v) is 2.86. The van der Waals surface area contributed by atoms with Crippen LogP contribution in [0.15, 0.2) is 18.3 Å². The van der Waals surface area contributed by atoms with E-state index in [4.69, 9.17) is 10.8 Å². The highest BCUT2D eigenvalue weighted by atomic mass is 16.4. The first-order valence-electron chi connectivity index (χ1n) is 5.79. The molecule has 1 aromatic heterocycles. The Hall–Kier alpha value is -2.11. The van der Waals surface area contributed by atoms with Crippen LogP contribution in [0.1, 0.15) is 23.2 Å². The van der Waals surface area contributed by atoms with E-state index in [1.165, 1.54) is 6.20 Å². The quantitative estimate of drug-likeness (QED) is 0.764. The summed E-state index contributed by atoms with van der Waals surface area (Å²) in [6.45, 7) is 0.606. The Labute approximate surface area is 104 Å². The van der Waals surface area contributed by atoms with E-state index in [-0.39, 0.29) is 6.54 Å². The Bertz CT molecular complexity index is 454. The number of hydrogen-bond acceptors (Lipinski definition) is 4. The molecule has 2 rings (SSSR count). The van der Waals surface area contributed by atoms with Crippen molar-refractivity contribution in [1.82, 2.24) is 4.98 Å². The normalized spacial score (nSPS) is 14.2. The zero-order chi connectivity index (χ0) is 13.1. The maximum atomic E-state index is 10.9. The van der Waals surface area contributed by atoms with Crippen LogP contribution in [0, 0.1) is 5.92 Å². The van der Waals surface area contributed by atoms with Gasteiger partial charge in [0, 0.05) is 12.7 Å². The molecule has 1 amide bonds. The average molecular weight is 249 g/mol. The number of anilines is 1. The Morgan fingerprint density at radius 2 is 2.17 bits per heavy atom. The summed E-state index contributed by atoms with van der Waals surface area (Å²) in [7, 11) is 0. The number of carbonyl (C=O) groups is 2. The summed E-state index contributed by atoms with van der Waals surface area (Å²) in [5.41, 5.74) is 5.44. The van der Waals surface area contributed by atoms with Crippen molar-refractivity contribution in [2.45, 2.75) is 12.8 Å². The first kappa shape index (κ1) is 12.3. The second-order valence-corrected chi connectivity index (χ2v) is 4.49. The highest BCUT2D eigenvalue weighted by Crippen LogP contribution is 2.30. The van der Waals surface area contributed by atoms with Crippen LogP contribution in [0.3, 0.4) is 0 Å². The number of carboxylic acid groups (broad SMARTS) is 1. The largest absolute Gasteiger partial charge is 0.480 e. The van der Waals surface area contributed by atoms with Crippen LogP contribution in [0.2, 0.25) is 0 Å². The number of rotatable bonds is 6. The van der Waals surface area contributed by atoms with E-state index >= 15 is 0 Å². The molecule has 1 heterocycles. The van der Waals surface area contributed by atoms with Gasteiger partial charge < -0.3 is 15.7 Å². The van der Waals surface area contributed by atoms with Crippen LogP contribution in [0.5, 0.6) is 0 Å². The van der Waals surface area contributed by atoms with Crippen LogP contribution in [0.25, 0.3) is 0 Å². The van der Waals surface area contributed by atoms with Crippen molar-refractivity contribution in [1.29, 1.82) is 0 Å². The molecule has 1 aliphatic rings. The van der Waals surface area contributed by atoms with Crippen LogP contribution in [-0.2, 0) is 4.79 Å². The van der Waals surface area contributed by atoms with E-state index in [1.54, 1.807) is 17.0 Å². The molecular weight excluding hydrogens is 234 g/mol. The van der Waals surface area contributed by atoms with Gasteiger partial charge >= 0.3 is 5.97 Å². The number of nitrogens with zero attached hydrogens (tertiary/aromatic N) is 2. The van der Waals surface area contributed by atoms with E-state index in [0.717, 1.165) is 12.8 Å². The van der Waals surface area contributed by atoms with Gasteiger partial charge in [0.25, 0.3) is 0 Å². The molecule has 0 aliphatic heterocycles. The Balaban J connectivity index is 2.12. The van der Waals surface area contributed by atoms with Crippen LogP contribution >= 0.6 is 0 Å². The summed E-state index contributed by atoms with van der Waals surface area (Å²) in [5.74, 6) is -0.311. The van der Waals surface area contributed by atoms with E-state index in [9.17, 15) is 9.59 Å². The molecule has 1 fully saturated rings. The van der Waals surface area contributed by atoms with Crippen LogP contribution < -0.4 is 10.6 Å². The van der Waals surface area contributed by atoms with Gasteiger partial charge in [0.15, 0.2) is 0 Å². The first-order chi connectivity index (χ1) is 8.56. The van der Waals surface area contributed by atoms with Crippen LogP contribution in [-0.4, -0.2) is 35.1 Å². The Morgan fingerprint density at radius 1 is 1.44 bits per heavy atom. The fourth-order valence-corrected chi connectivity index (χ4v) is 1.73. The maximum absolute atomic E-state index is 10.9. The maximum Gasteiger partial charge on any atom is 0.323 e. The minimum atomic E-state index is -0.892. The molecule has 18 heavy (non-hydrogen) atoms. The zero-order valence-electron chi connectivity index (χ0n) is 9.87. The van der Waals surface area contributed by atoms with Gasteiger partial charge in [-0.3, -0.25) is 9.59 Å². The summed E-state index contributed by atoms with van der Waals surface area (Å²) in [6, 6.07) is 3.19. The first-order valence-corrected chi connectivity index (χ1v) is 5.79. The fraction of sp³-hybridized carbons (Fsp3) is 0.417. The highest BCUT2D eigenvalue weighted by molar-refractivity contribution is 5.92. The molecule has 0 atom stereocenters. The highest BCUT2D eigenvalue weighted by Gasteiger charge is 2.26. The van der Waals surface area contributed by atoms with E-state index in [1.807, 2.05) is 0 Å². The molecule has 6 nitrogen and oxygen atoms in total. The van der Waals surface area contributed by atoms with Crippen molar-refractivity contribution in [3.63, 3.8) is 0 Å². The molecule has 0 saturated heterocycles. The van der Waals surface area contributed by atoms with Gasteiger partial charge in [-0.05, 0) is 30.9 Å². The van der Waals surface area contributed by atoms with Crippen molar-refractivity contribution in [3.8, 4) is 0 Å². The molecule has 1 aromatic rings. The number of carboxylic acids is 1. The van der Waals surface area contributed by atoms with Gasteiger partial charge in [-0.25, -0.2) is 4.98 Å². The number of hydrogen-bond donors (Lipinski definition) is 2. The van der Waals surface area contributed by atoms with E-state index in [0.29, 0.717) is 23.8 Å². The molecule has 3 N–H and O–H groups in total. The second-order valence-electron chi connectivity index (χ2n) is 4.49. The summed E-state index contributed by atoms with van der Waals surface area (Å²) in [4.78, 5) is 27.5. The number of aromatic nitrogens is 1. The predicted octanol–water partition coefficient (Wildman–Crippen LogP) is 0.481. The number of carbonyl (C=O) groups excluding carboxylic acids is 1. The van der Waals surface area contributed by atoms with Gasteiger partial charge in [-0.2, -0.15) is 0 Å². The zero-order valence-corrected chi connectivity index (χ0v) is 9.87. The van der Waals surface area contributed by atoms with E-state index < -0.39 is 11.9 Å². The van der Waals surface area contributed by atoms with Crippen molar-refractivity contribution >= 4 is 17.7 Å². The summed E-state index contributed by atoms with van der Waals surface area (Å²) in [5, 5.41) is 8.88. The minimum Gasteiger partial charge on any atom is -0.480 e. The molecule has 0 aromatic carbocycles. The van der Waals surface area contributed by atoms with Gasteiger partial charge in [-0.15, -0.1) is 0 Å². The van der Waals surface area contributed by atoms with Crippen molar-refractivity contribution in [2.75, 3.05) is 18.0 Å². The van der Waals surface area contributed by atoms with Crippen molar-refractivity contribution in [3.05, 3.63) is 23.9 Å². The number of pyridine rings is 1. The molecule has 0 bridgehead atoms. The summed E-state index contributed by atoms with van der Waals surface area (Å²) >= 11 is 0. The predicted molar refractivity (Wildman–Crippen MR) is 65.3 cm³/mol. The molecule has 0 unspecified atom stereocenters. The molecule has 6 heteroatoms. The van der Waals surface area contributed by atoms with E-state index in [2.05, 4.69) is 4.98 Å². The second kappa shape index (κ2) is 5.03. The fourth-order valence-electron chi connectivity index (χ4n) is 1.73. The average Bonchev–Trinajstić information content (AvgIpc) is 3.12. The molecular formula is C12H15N3O3. The topological polar surface area (TPSA) is 96.5 Å². The third kappa shape index (κ3) is 3.19. The van der Waals surface area contributed by atoms with Crippen LogP contribution in [0.4, 0.5) is 5.82 Å². The number of nitrogens with two attached hydrogens (primary N) is 1. The minimum absolute atomic E-state index is 0.0839. The molecule has 96 valence electrons. The lowest BCUT2D eigenvalue weighted by molar-refractivity contribution is -0.135. The summed E-state index contributed by atoms with van der Waals surface area (Å²) in [6.07, 6.45) is 3.64. The lowest BCUT2D eigenvalue weighted by atomic mass is 10.2. The SMILES string of the molecule is NC(=O)c1ccc(N(CC(=O)O)CC2CC2)nc1. The standard InChI is InChI=1S/C12H15N3O3/c13-12(18)9-3-4-10(14-5-9)15(7-11(16)17)6-8-1-2-8/h3-5,8H,1-2,6-7H2,(H2,13,18)(H,16,17).